The first-order valence-corrected chi connectivity index (χ1v) is 11.4. The predicted octanol–water partition coefficient (Wildman–Crippen LogP) is 4.42. The van der Waals surface area contributed by atoms with Crippen molar-refractivity contribution in [2.75, 3.05) is 11.4 Å². The van der Waals surface area contributed by atoms with E-state index >= 15 is 0 Å². The summed E-state index contributed by atoms with van der Waals surface area (Å²) in [6, 6.07) is 1.16. The smallest absolute Gasteiger partial charge is 0.416 e. The van der Waals surface area contributed by atoms with E-state index in [9.17, 15) is 17.6 Å². The summed E-state index contributed by atoms with van der Waals surface area (Å²) in [5.41, 5.74) is 5.46. The molecule has 35 heavy (non-hydrogen) atoms. The molecule has 2 aromatic heterocycles. The number of hydrogen-bond acceptors (Lipinski definition) is 8. The molecule has 3 heterocycles. The summed E-state index contributed by atoms with van der Waals surface area (Å²) in [4.78, 5) is 10.8. The first-order valence-electron chi connectivity index (χ1n) is 11.4. The molecule has 4 atom stereocenters. The van der Waals surface area contributed by atoms with Crippen molar-refractivity contribution in [3.8, 4) is 11.8 Å². The molecule has 3 aromatic rings. The van der Waals surface area contributed by atoms with Crippen molar-refractivity contribution >= 4 is 5.95 Å². The van der Waals surface area contributed by atoms with Gasteiger partial charge in [0.25, 0.3) is 0 Å². The number of alkyl halides is 3. The van der Waals surface area contributed by atoms with E-state index in [-0.39, 0.29) is 41.9 Å². The number of benzene rings is 1. The second-order valence-electron chi connectivity index (χ2n) is 9.33. The van der Waals surface area contributed by atoms with Gasteiger partial charge in [0, 0.05) is 18.5 Å². The molecule has 188 valence electrons. The predicted molar refractivity (Wildman–Crippen MR) is 115 cm³/mol. The van der Waals surface area contributed by atoms with E-state index in [1.807, 2.05) is 18.7 Å². The minimum absolute atomic E-state index is 0.0323. The number of halogens is 4. The van der Waals surface area contributed by atoms with Crippen molar-refractivity contribution in [3.63, 3.8) is 0 Å². The standard InChI is InChI=1S/C22H25F4N7O2/c1-10(2)33-21(34-16-8-13(22(24,25)26)5-7-15(16)23)29-20(30-33)32-9-12-4-6-14(17(12)27)18(32)19-28-11(3)31-35-19/h5,7-8,10,12,14,17-18H,4,6,9,27H2,1-3H3. The highest BCUT2D eigenvalue weighted by Gasteiger charge is 2.50. The van der Waals surface area contributed by atoms with Gasteiger partial charge < -0.3 is 19.9 Å². The lowest BCUT2D eigenvalue weighted by molar-refractivity contribution is -0.137. The molecule has 13 heteroatoms. The summed E-state index contributed by atoms with van der Waals surface area (Å²) in [5.74, 6) is -0.148. The minimum atomic E-state index is -4.65. The van der Waals surface area contributed by atoms with Crippen LogP contribution in [0.5, 0.6) is 11.8 Å². The Hall–Kier alpha value is -3.22. The molecule has 1 aliphatic carbocycles. The fourth-order valence-electron chi connectivity index (χ4n) is 4.96. The van der Waals surface area contributed by atoms with Crippen LogP contribution in [-0.2, 0) is 6.18 Å². The zero-order chi connectivity index (χ0) is 25.1. The second kappa shape index (κ2) is 8.47. The van der Waals surface area contributed by atoms with Crippen LogP contribution in [0, 0.1) is 24.6 Å². The van der Waals surface area contributed by atoms with E-state index in [2.05, 4.69) is 20.2 Å². The zero-order valence-corrected chi connectivity index (χ0v) is 19.3. The van der Waals surface area contributed by atoms with Crippen LogP contribution in [0.3, 0.4) is 0 Å². The first kappa shape index (κ1) is 23.5. The van der Waals surface area contributed by atoms with Gasteiger partial charge in [-0.1, -0.05) is 5.16 Å². The van der Waals surface area contributed by atoms with E-state index in [4.69, 9.17) is 15.0 Å². The summed E-state index contributed by atoms with van der Waals surface area (Å²) in [7, 11) is 0. The minimum Gasteiger partial charge on any atom is -0.421 e. The normalized spacial score (nSPS) is 24.4. The average molecular weight is 495 g/mol. The zero-order valence-electron chi connectivity index (χ0n) is 19.3. The number of piperidine rings is 1. The fourth-order valence-corrected chi connectivity index (χ4v) is 4.96. The molecule has 2 fully saturated rings. The molecule has 5 rings (SSSR count). The molecular formula is C22H25F4N7O2. The van der Waals surface area contributed by atoms with E-state index in [1.165, 1.54) is 4.68 Å². The van der Waals surface area contributed by atoms with Crippen LogP contribution >= 0.6 is 0 Å². The highest BCUT2D eigenvalue weighted by molar-refractivity contribution is 5.39. The number of hydrogen-bond donors (Lipinski definition) is 1. The van der Waals surface area contributed by atoms with Gasteiger partial charge in [-0.05, 0) is 57.7 Å². The van der Waals surface area contributed by atoms with Gasteiger partial charge in [-0.15, -0.1) is 5.10 Å². The van der Waals surface area contributed by atoms with Gasteiger partial charge in [-0.25, -0.2) is 9.07 Å². The number of aryl methyl sites for hydroxylation is 1. The van der Waals surface area contributed by atoms with Crippen LogP contribution < -0.4 is 15.4 Å². The number of nitrogens with zero attached hydrogens (tertiary/aromatic N) is 6. The lowest BCUT2D eigenvalue weighted by atomic mass is 9.86. The van der Waals surface area contributed by atoms with Crippen molar-refractivity contribution in [1.82, 2.24) is 24.9 Å². The molecule has 4 unspecified atom stereocenters. The molecule has 1 saturated carbocycles. The molecular weight excluding hydrogens is 470 g/mol. The van der Waals surface area contributed by atoms with Crippen LogP contribution in [0.4, 0.5) is 23.5 Å². The van der Waals surface area contributed by atoms with Gasteiger partial charge >= 0.3 is 12.2 Å². The third kappa shape index (κ3) is 4.21. The third-order valence-electron chi connectivity index (χ3n) is 6.67. The maximum Gasteiger partial charge on any atom is 0.416 e. The number of fused-ring (bicyclic) bond motifs is 2. The van der Waals surface area contributed by atoms with Crippen molar-refractivity contribution < 1.29 is 26.8 Å². The number of rotatable bonds is 5. The third-order valence-corrected chi connectivity index (χ3v) is 6.67. The van der Waals surface area contributed by atoms with Gasteiger partial charge in [-0.3, -0.25) is 0 Å². The molecule has 1 aromatic carbocycles. The largest absolute Gasteiger partial charge is 0.421 e. The molecule has 1 saturated heterocycles. The number of ether oxygens (including phenoxy) is 1. The summed E-state index contributed by atoms with van der Waals surface area (Å²) in [6.45, 7) is 5.87. The summed E-state index contributed by atoms with van der Waals surface area (Å²) >= 11 is 0. The summed E-state index contributed by atoms with van der Waals surface area (Å²) in [5, 5.41) is 8.48. The average Bonchev–Trinajstić information content (AvgIpc) is 3.45. The lowest BCUT2D eigenvalue weighted by Gasteiger charge is -2.41. The monoisotopic (exact) mass is 495 g/mol. The maximum atomic E-state index is 14.4. The van der Waals surface area contributed by atoms with Gasteiger partial charge in [0.1, 0.15) is 6.04 Å². The van der Waals surface area contributed by atoms with Gasteiger partial charge in [0.05, 0.1) is 11.6 Å². The van der Waals surface area contributed by atoms with Crippen molar-refractivity contribution in [2.24, 2.45) is 17.6 Å². The Bertz CT molecular complexity index is 1220. The van der Waals surface area contributed by atoms with Crippen molar-refractivity contribution in [1.29, 1.82) is 0 Å². The summed E-state index contributed by atoms with van der Waals surface area (Å²) < 4.78 is 66.3. The molecule has 2 bridgehead atoms. The van der Waals surface area contributed by atoms with Crippen molar-refractivity contribution in [2.45, 2.75) is 57.9 Å². The molecule has 9 nitrogen and oxygen atoms in total. The van der Waals surface area contributed by atoms with Crippen LogP contribution in [0.25, 0.3) is 0 Å². The fraction of sp³-hybridized carbons (Fsp3) is 0.545. The number of nitrogens with two attached hydrogens (primary N) is 1. The van der Waals surface area contributed by atoms with E-state index in [0.29, 0.717) is 36.5 Å². The first-order chi connectivity index (χ1) is 16.5. The van der Waals surface area contributed by atoms with E-state index in [1.54, 1.807) is 6.92 Å². The number of aromatic nitrogens is 5. The van der Waals surface area contributed by atoms with Gasteiger partial charge in [0.2, 0.25) is 11.8 Å². The summed E-state index contributed by atoms with van der Waals surface area (Å²) in [6.07, 6.45) is -2.85. The van der Waals surface area contributed by atoms with Crippen LogP contribution in [0.2, 0.25) is 0 Å². The molecule has 0 amide bonds. The quantitative estimate of drug-likeness (QED) is 0.519. The molecule has 0 spiro atoms. The van der Waals surface area contributed by atoms with Gasteiger partial charge in [-0.2, -0.15) is 23.1 Å². The Balaban J connectivity index is 1.53. The van der Waals surface area contributed by atoms with Crippen molar-refractivity contribution in [3.05, 3.63) is 41.3 Å². The lowest BCUT2D eigenvalue weighted by Crippen LogP contribution is -2.51. The highest BCUT2D eigenvalue weighted by Crippen LogP contribution is 2.48. The molecule has 1 aliphatic heterocycles. The Morgan fingerprint density at radius 1 is 1.20 bits per heavy atom. The molecule has 2 N–H and O–H groups in total. The van der Waals surface area contributed by atoms with Crippen LogP contribution in [-0.4, -0.2) is 37.5 Å². The SMILES string of the molecule is Cc1noc(C2C3CCC(CN2c2nc(Oc4cc(C(F)(F)F)ccc4F)n(C(C)C)n2)C3N)n1. The number of anilines is 1. The Labute approximate surface area is 198 Å². The molecule has 0 radical (unpaired) electrons. The van der Waals surface area contributed by atoms with Gasteiger partial charge in [0.15, 0.2) is 17.4 Å². The highest BCUT2D eigenvalue weighted by atomic mass is 19.4. The Morgan fingerprint density at radius 3 is 2.63 bits per heavy atom. The van der Waals surface area contributed by atoms with Crippen LogP contribution in [0.15, 0.2) is 22.7 Å². The Morgan fingerprint density at radius 2 is 1.97 bits per heavy atom. The maximum absolute atomic E-state index is 14.4. The van der Waals surface area contributed by atoms with E-state index in [0.717, 1.165) is 12.8 Å². The van der Waals surface area contributed by atoms with Crippen LogP contribution in [0.1, 0.15) is 56.1 Å². The Kier molecular flexibility index (Phi) is 5.69. The molecule has 2 aliphatic rings. The topological polar surface area (TPSA) is 108 Å². The second-order valence-corrected chi connectivity index (χ2v) is 9.33. The van der Waals surface area contributed by atoms with E-state index < -0.39 is 23.3 Å².